The smallest absolute Gasteiger partial charge is 0.244 e. The molecule has 56 valence electrons. The average Bonchev–Trinajstić information content (AvgIpc) is 2.30. The van der Waals surface area contributed by atoms with Gasteiger partial charge in [-0.15, -0.1) is 0 Å². The summed E-state index contributed by atoms with van der Waals surface area (Å²) in [5.74, 6) is 0. The molecule has 0 saturated heterocycles. The van der Waals surface area contributed by atoms with E-state index in [9.17, 15) is 4.79 Å². The normalized spacial score (nSPS) is 10.2. The number of nitrogens with zero attached hydrogens (tertiary/aromatic N) is 4. The van der Waals surface area contributed by atoms with Crippen LogP contribution in [0.5, 0.6) is 0 Å². The van der Waals surface area contributed by atoms with Gasteiger partial charge in [0.05, 0.1) is 0 Å². The first-order valence-electron chi connectivity index (χ1n) is 3.30. The van der Waals surface area contributed by atoms with Crippen LogP contribution in [-0.2, 0) is 13.1 Å². The number of aromatic nitrogens is 4. The Kier molecular flexibility index (Phi) is 1.84. The quantitative estimate of drug-likeness (QED) is 0.558. The first-order valence-corrected chi connectivity index (χ1v) is 3.30. The number of tetrazole rings is 1. The molecule has 0 unspecified atom stereocenters. The summed E-state index contributed by atoms with van der Waals surface area (Å²) in [6.07, 6.45) is 0. The molecule has 0 radical (unpaired) electrons. The van der Waals surface area contributed by atoms with E-state index in [0.29, 0.717) is 13.1 Å². The Labute approximate surface area is 58.2 Å². The Bertz CT molecular complexity index is 236. The molecular formula is C5H10N4O. The van der Waals surface area contributed by atoms with Gasteiger partial charge in [-0.05, 0) is 24.3 Å². The number of hydrogen-bond donors (Lipinski definition) is 0. The van der Waals surface area contributed by atoms with E-state index < -0.39 is 0 Å². The molecule has 0 amide bonds. The third kappa shape index (κ3) is 0.940. The molecule has 1 aromatic heterocycles. The van der Waals surface area contributed by atoms with Crippen molar-refractivity contribution in [1.82, 2.24) is 19.8 Å². The molecule has 0 spiro atoms. The fourth-order valence-electron chi connectivity index (χ4n) is 0.703. The molecule has 0 aromatic carbocycles. The summed E-state index contributed by atoms with van der Waals surface area (Å²) in [6, 6.07) is 0. The summed E-state index contributed by atoms with van der Waals surface area (Å²) in [6.45, 7) is 4.88. The largest absolute Gasteiger partial charge is 0.363 e. The van der Waals surface area contributed by atoms with E-state index in [1.807, 2.05) is 13.8 Å². The maximum absolute atomic E-state index is 11.0. The Morgan fingerprint density at radius 1 is 1.20 bits per heavy atom. The lowest BCUT2D eigenvalue weighted by Crippen LogP contribution is -2.24. The Morgan fingerprint density at radius 3 is 1.80 bits per heavy atom. The highest BCUT2D eigenvalue weighted by atomic mass is 16.2. The van der Waals surface area contributed by atoms with Crippen molar-refractivity contribution in [1.29, 1.82) is 0 Å². The molecule has 0 aliphatic rings. The first-order chi connectivity index (χ1) is 4.79. The lowest BCUT2D eigenvalue weighted by atomic mass is 10.7. The van der Waals surface area contributed by atoms with Crippen LogP contribution in [0.25, 0.3) is 0 Å². The molecule has 5 heteroatoms. The number of aryl methyl sites for hydroxylation is 2. The van der Waals surface area contributed by atoms with Crippen LogP contribution in [-0.4, -0.2) is 19.8 Å². The summed E-state index contributed by atoms with van der Waals surface area (Å²) in [4.78, 5) is 11.0. The lowest BCUT2D eigenvalue weighted by molar-refractivity contribution is 0.608. The van der Waals surface area contributed by atoms with E-state index in [1.165, 1.54) is 9.36 Å². The van der Waals surface area contributed by atoms with Gasteiger partial charge in [0.2, 0.25) is 0 Å². The van der Waals surface area contributed by atoms with Crippen molar-refractivity contribution in [2.24, 2.45) is 0 Å². The van der Waals surface area contributed by atoms with Crippen LogP contribution < -0.4 is 5.69 Å². The van der Waals surface area contributed by atoms with Gasteiger partial charge in [0.15, 0.2) is 0 Å². The molecule has 0 aliphatic carbocycles. The Morgan fingerprint density at radius 2 is 1.60 bits per heavy atom. The second-order valence-electron chi connectivity index (χ2n) is 1.89. The maximum atomic E-state index is 11.0. The van der Waals surface area contributed by atoms with E-state index in [2.05, 4.69) is 10.4 Å². The van der Waals surface area contributed by atoms with Gasteiger partial charge in [-0.25, -0.2) is 4.79 Å². The standard InChI is InChI=1S/C5H10N4O/c1-3-8-5(10)9(4-2)7-6-8/h3-4H2,1-2H3. The highest BCUT2D eigenvalue weighted by Gasteiger charge is 2.00. The molecule has 10 heavy (non-hydrogen) atoms. The molecule has 1 aromatic rings. The van der Waals surface area contributed by atoms with Crippen LogP contribution in [0.15, 0.2) is 4.79 Å². The predicted molar refractivity (Wildman–Crippen MR) is 35.6 cm³/mol. The zero-order valence-electron chi connectivity index (χ0n) is 6.11. The van der Waals surface area contributed by atoms with E-state index in [-0.39, 0.29) is 5.69 Å². The molecule has 5 nitrogen and oxygen atoms in total. The highest BCUT2D eigenvalue weighted by molar-refractivity contribution is 4.55. The average molecular weight is 142 g/mol. The summed E-state index contributed by atoms with van der Waals surface area (Å²) in [7, 11) is 0. The molecule has 0 bridgehead atoms. The van der Waals surface area contributed by atoms with Gasteiger partial charge in [0, 0.05) is 13.1 Å². The summed E-state index contributed by atoms with van der Waals surface area (Å²) >= 11 is 0. The number of rotatable bonds is 2. The minimum Gasteiger partial charge on any atom is -0.244 e. The van der Waals surface area contributed by atoms with E-state index in [4.69, 9.17) is 0 Å². The SMILES string of the molecule is CCn1nnn(CC)c1=O. The molecular weight excluding hydrogens is 132 g/mol. The van der Waals surface area contributed by atoms with Crippen LogP contribution in [0.1, 0.15) is 13.8 Å². The van der Waals surface area contributed by atoms with Crippen molar-refractivity contribution in [2.45, 2.75) is 26.9 Å². The van der Waals surface area contributed by atoms with Crippen LogP contribution in [0.4, 0.5) is 0 Å². The third-order valence-electron chi connectivity index (χ3n) is 1.30. The molecule has 0 saturated carbocycles. The van der Waals surface area contributed by atoms with Crippen molar-refractivity contribution in [3.63, 3.8) is 0 Å². The summed E-state index contributed by atoms with van der Waals surface area (Å²) in [5.41, 5.74) is -0.134. The van der Waals surface area contributed by atoms with Gasteiger partial charge in [-0.3, -0.25) is 0 Å². The summed E-state index contributed by atoms with van der Waals surface area (Å²) < 4.78 is 2.65. The van der Waals surface area contributed by atoms with Crippen molar-refractivity contribution in [3.05, 3.63) is 10.5 Å². The second kappa shape index (κ2) is 2.64. The second-order valence-corrected chi connectivity index (χ2v) is 1.89. The molecule has 0 aliphatic heterocycles. The maximum Gasteiger partial charge on any atom is 0.363 e. The molecule has 0 N–H and O–H groups in total. The topological polar surface area (TPSA) is 52.7 Å². The summed E-state index contributed by atoms with van der Waals surface area (Å²) in [5, 5.41) is 7.24. The van der Waals surface area contributed by atoms with Crippen molar-refractivity contribution >= 4 is 0 Å². The van der Waals surface area contributed by atoms with Crippen LogP contribution >= 0.6 is 0 Å². The minimum atomic E-state index is -0.134. The molecule has 0 atom stereocenters. The lowest BCUT2D eigenvalue weighted by Gasteiger charge is -1.87. The number of hydrogen-bond acceptors (Lipinski definition) is 3. The fourth-order valence-corrected chi connectivity index (χ4v) is 0.703. The van der Waals surface area contributed by atoms with Crippen molar-refractivity contribution in [3.8, 4) is 0 Å². The van der Waals surface area contributed by atoms with Gasteiger partial charge >= 0.3 is 5.69 Å². The highest BCUT2D eigenvalue weighted by Crippen LogP contribution is 1.72. The van der Waals surface area contributed by atoms with Gasteiger partial charge in [-0.1, -0.05) is 0 Å². The van der Waals surface area contributed by atoms with Crippen LogP contribution in [0, 0.1) is 0 Å². The van der Waals surface area contributed by atoms with Gasteiger partial charge in [-0.2, -0.15) is 9.36 Å². The Hall–Kier alpha value is -1.13. The van der Waals surface area contributed by atoms with Gasteiger partial charge < -0.3 is 0 Å². The van der Waals surface area contributed by atoms with Crippen molar-refractivity contribution in [2.75, 3.05) is 0 Å². The monoisotopic (exact) mass is 142 g/mol. The third-order valence-corrected chi connectivity index (χ3v) is 1.30. The fraction of sp³-hybridized carbons (Fsp3) is 0.800. The predicted octanol–water partition coefficient (Wildman–Crippen LogP) is -0.520. The molecule has 1 rings (SSSR count). The first kappa shape index (κ1) is 6.98. The van der Waals surface area contributed by atoms with Crippen LogP contribution in [0.3, 0.4) is 0 Å². The Balaban J connectivity index is 3.09. The van der Waals surface area contributed by atoms with Crippen molar-refractivity contribution < 1.29 is 0 Å². The van der Waals surface area contributed by atoms with E-state index in [1.54, 1.807) is 0 Å². The minimum absolute atomic E-state index is 0.134. The van der Waals surface area contributed by atoms with E-state index >= 15 is 0 Å². The molecule has 1 heterocycles. The zero-order valence-corrected chi connectivity index (χ0v) is 6.11. The van der Waals surface area contributed by atoms with Gasteiger partial charge in [0.25, 0.3) is 0 Å². The zero-order chi connectivity index (χ0) is 7.56. The van der Waals surface area contributed by atoms with Gasteiger partial charge in [0.1, 0.15) is 0 Å². The van der Waals surface area contributed by atoms with E-state index in [0.717, 1.165) is 0 Å². The molecule has 0 fully saturated rings. The van der Waals surface area contributed by atoms with Crippen LogP contribution in [0.2, 0.25) is 0 Å².